The van der Waals surface area contributed by atoms with E-state index >= 15 is 0 Å². The highest BCUT2D eigenvalue weighted by Gasteiger charge is 2.32. The first-order valence-electron chi connectivity index (χ1n) is 5.06. The Kier molecular flexibility index (Phi) is 3.45. The number of nitrogens with two attached hydrogens (primary N) is 1. The number of hydrogen-bond acceptors (Lipinski definition) is 2. The molecular weight excluding hydrogens is 377 g/mol. The normalized spacial score (nSPS) is 11.9. The fourth-order valence-corrected chi connectivity index (χ4v) is 1.94. The van der Waals surface area contributed by atoms with Crippen LogP contribution >= 0.6 is 22.6 Å². The molecule has 1 aromatic carbocycles. The molecule has 0 bridgehead atoms. The minimum absolute atomic E-state index is 0.0821. The van der Waals surface area contributed by atoms with E-state index in [9.17, 15) is 17.6 Å². The largest absolute Gasteiger partial charge is 0.399 e. The van der Waals surface area contributed by atoms with Crippen LogP contribution in [0.5, 0.6) is 0 Å². The molecule has 0 saturated heterocycles. The van der Waals surface area contributed by atoms with Gasteiger partial charge in [0.2, 0.25) is 0 Å². The number of rotatable bonds is 2. The SMILES string of the molecule is Cn1nc(C(F)(F)I)cc1-c1c(F)cc(N)cc1F. The molecule has 102 valence electrons. The second-order valence-electron chi connectivity index (χ2n) is 3.90. The maximum Gasteiger partial charge on any atom is 0.339 e. The van der Waals surface area contributed by atoms with Crippen molar-refractivity contribution < 1.29 is 17.6 Å². The Morgan fingerprint density at radius 1 is 1.21 bits per heavy atom. The van der Waals surface area contributed by atoms with E-state index in [4.69, 9.17) is 5.73 Å². The Labute approximate surface area is 119 Å². The Morgan fingerprint density at radius 2 is 1.74 bits per heavy atom. The Hall–Kier alpha value is -1.32. The Morgan fingerprint density at radius 3 is 2.16 bits per heavy atom. The van der Waals surface area contributed by atoms with Gasteiger partial charge in [0.25, 0.3) is 0 Å². The molecule has 1 aromatic heterocycles. The molecule has 0 fully saturated rings. The van der Waals surface area contributed by atoms with Gasteiger partial charge in [0.1, 0.15) is 17.3 Å². The van der Waals surface area contributed by atoms with Crippen LogP contribution in [0.1, 0.15) is 5.69 Å². The fraction of sp³-hybridized carbons (Fsp3) is 0.182. The van der Waals surface area contributed by atoms with Crippen molar-refractivity contribution in [3.8, 4) is 11.3 Å². The lowest BCUT2D eigenvalue weighted by atomic mass is 10.1. The highest BCUT2D eigenvalue weighted by Crippen LogP contribution is 2.37. The molecule has 0 spiro atoms. The summed E-state index contributed by atoms with van der Waals surface area (Å²) in [5.41, 5.74) is 4.13. The van der Waals surface area contributed by atoms with Gasteiger partial charge in [-0.2, -0.15) is 13.9 Å². The molecule has 3 nitrogen and oxygen atoms in total. The average molecular weight is 385 g/mol. The number of nitrogen functional groups attached to an aromatic ring is 1. The first kappa shape index (κ1) is 14.1. The number of alkyl halides is 3. The van der Waals surface area contributed by atoms with Crippen LogP contribution in [0, 0.1) is 11.6 Å². The summed E-state index contributed by atoms with van der Waals surface area (Å²) in [6.45, 7) is 0. The summed E-state index contributed by atoms with van der Waals surface area (Å²) >= 11 is 0.898. The number of nitrogens with zero attached hydrogens (tertiary/aromatic N) is 2. The standard InChI is InChI=1S/C11H8F4IN3/c1-19-8(4-9(18-19)11(14,15)16)10-6(12)2-5(17)3-7(10)13/h2-4H,17H2,1H3. The number of hydrogen-bond donors (Lipinski definition) is 1. The highest BCUT2D eigenvalue weighted by atomic mass is 127. The van der Waals surface area contributed by atoms with Crippen LogP contribution < -0.4 is 5.73 Å². The first-order chi connectivity index (χ1) is 8.70. The lowest BCUT2D eigenvalue weighted by Crippen LogP contribution is -2.04. The number of aryl methyl sites for hydroxylation is 1. The number of anilines is 1. The Balaban J connectivity index is 2.64. The molecule has 0 radical (unpaired) electrons. The summed E-state index contributed by atoms with van der Waals surface area (Å²) < 4.78 is 51.5. The van der Waals surface area contributed by atoms with E-state index in [1.54, 1.807) is 0 Å². The lowest BCUT2D eigenvalue weighted by Gasteiger charge is -2.06. The van der Waals surface area contributed by atoms with Gasteiger partial charge in [0.15, 0.2) is 0 Å². The van der Waals surface area contributed by atoms with Crippen LogP contribution in [0.4, 0.5) is 23.2 Å². The minimum Gasteiger partial charge on any atom is -0.399 e. The van der Waals surface area contributed by atoms with Crippen molar-refractivity contribution in [1.82, 2.24) is 9.78 Å². The van der Waals surface area contributed by atoms with E-state index in [0.29, 0.717) is 0 Å². The molecule has 0 saturated carbocycles. The molecular formula is C11H8F4IN3. The number of aromatic nitrogens is 2. The maximum atomic E-state index is 13.7. The zero-order valence-electron chi connectivity index (χ0n) is 9.59. The van der Waals surface area contributed by atoms with Gasteiger partial charge < -0.3 is 5.73 Å². The van der Waals surface area contributed by atoms with Gasteiger partial charge in [-0.25, -0.2) is 8.78 Å². The molecule has 0 aliphatic heterocycles. The topological polar surface area (TPSA) is 43.8 Å². The predicted molar refractivity (Wildman–Crippen MR) is 70.9 cm³/mol. The fourth-order valence-electron chi connectivity index (χ4n) is 1.68. The van der Waals surface area contributed by atoms with Gasteiger partial charge >= 0.3 is 3.93 Å². The summed E-state index contributed by atoms with van der Waals surface area (Å²) in [5, 5.41) is 3.56. The van der Waals surface area contributed by atoms with Gasteiger partial charge in [0, 0.05) is 35.3 Å². The molecule has 2 rings (SSSR count). The van der Waals surface area contributed by atoms with E-state index in [1.807, 2.05) is 0 Å². The quantitative estimate of drug-likeness (QED) is 0.373. The van der Waals surface area contributed by atoms with Crippen molar-refractivity contribution >= 4 is 28.3 Å². The summed E-state index contributed by atoms with van der Waals surface area (Å²) in [6, 6.07) is 2.80. The summed E-state index contributed by atoms with van der Waals surface area (Å²) in [6.07, 6.45) is 0. The number of benzene rings is 1. The minimum atomic E-state index is -3.21. The van der Waals surface area contributed by atoms with Crippen molar-refractivity contribution in [1.29, 1.82) is 0 Å². The van der Waals surface area contributed by atoms with Gasteiger partial charge in [-0.1, -0.05) is 0 Å². The summed E-state index contributed by atoms with van der Waals surface area (Å²) in [7, 11) is 1.33. The molecule has 19 heavy (non-hydrogen) atoms. The van der Waals surface area contributed by atoms with E-state index in [0.717, 1.165) is 45.5 Å². The van der Waals surface area contributed by atoms with Crippen molar-refractivity contribution in [2.24, 2.45) is 7.05 Å². The molecule has 0 unspecified atom stereocenters. The predicted octanol–water partition coefficient (Wildman–Crippen LogP) is 3.43. The van der Waals surface area contributed by atoms with Crippen LogP contribution in [-0.4, -0.2) is 9.78 Å². The highest BCUT2D eigenvalue weighted by molar-refractivity contribution is 14.1. The Bertz CT molecular complexity index is 610. The maximum absolute atomic E-state index is 13.7. The molecule has 0 atom stereocenters. The first-order valence-corrected chi connectivity index (χ1v) is 6.14. The summed E-state index contributed by atoms with van der Waals surface area (Å²) in [4.78, 5) is 0. The van der Waals surface area contributed by atoms with Crippen molar-refractivity contribution in [2.45, 2.75) is 3.93 Å². The van der Waals surface area contributed by atoms with Crippen LogP contribution in [0.25, 0.3) is 11.3 Å². The molecule has 2 N–H and O–H groups in total. The van der Waals surface area contributed by atoms with Gasteiger partial charge in [-0.15, -0.1) is 0 Å². The third-order valence-electron chi connectivity index (χ3n) is 2.49. The smallest absolute Gasteiger partial charge is 0.339 e. The number of halogens is 5. The second kappa shape index (κ2) is 4.66. The second-order valence-corrected chi connectivity index (χ2v) is 5.25. The van der Waals surface area contributed by atoms with Crippen LogP contribution in [0.3, 0.4) is 0 Å². The van der Waals surface area contributed by atoms with E-state index in [2.05, 4.69) is 5.10 Å². The van der Waals surface area contributed by atoms with E-state index < -0.39 is 26.8 Å². The molecule has 0 aliphatic rings. The van der Waals surface area contributed by atoms with Gasteiger partial charge in [0.05, 0.1) is 11.3 Å². The van der Waals surface area contributed by atoms with Gasteiger partial charge in [-0.05, 0) is 18.2 Å². The zero-order chi connectivity index (χ0) is 14.4. The van der Waals surface area contributed by atoms with Crippen molar-refractivity contribution in [2.75, 3.05) is 5.73 Å². The molecule has 2 aromatic rings. The van der Waals surface area contributed by atoms with Gasteiger partial charge in [-0.3, -0.25) is 4.68 Å². The van der Waals surface area contributed by atoms with Crippen LogP contribution in [0.2, 0.25) is 0 Å². The molecule has 0 aliphatic carbocycles. The third kappa shape index (κ3) is 2.67. The van der Waals surface area contributed by atoms with E-state index in [1.165, 1.54) is 7.05 Å². The van der Waals surface area contributed by atoms with Crippen LogP contribution in [0.15, 0.2) is 18.2 Å². The third-order valence-corrected chi connectivity index (χ3v) is 3.04. The van der Waals surface area contributed by atoms with Crippen molar-refractivity contribution in [3.05, 3.63) is 35.5 Å². The van der Waals surface area contributed by atoms with Crippen LogP contribution in [-0.2, 0) is 11.0 Å². The molecule has 1 heterocycles. The van der Waals surface area contributed by atoms with E-state index in [-0.39, 0.29) is 11.4 Å². The monoisotopic (exact) mass is 385 g/mol. The van der Waals surface area contributed by atoms with Crippen molar-refractivity contribution in [3.63, 3.8) is 0 Å². The molecule has 0 amide bonds. The molecule has 8 heteroatoms. The average Bonchev–Trinajstić information content (AvgIpc) is 2.59. The summed E-state index contributed by atoms with van der Waals surface area (Å²) in [5.74, 6) is -1.85. The lowest BCUT2D eigenvalue weighted by molar-refractivity contribution is 0.121. The zero-order valence-corrected chi connectivity index (χ0v) is 11.8.